The van der Waals surface area contributed by atoms with Gasteiger partial charge in [0.05, 0.1) is 0 Å². The lowest BCUT2D eigenvalue weighted by molar-refractivity contribution is 0.562. The molecule has 4 heteroatoms. The first-order valence-electron chi connectivity index (χ1n) is 13.8. The van der Waals surface area contributed by atoms with E-state index in [1.165, 1.54) is 116 Å². The third-order valence-electron chi connectivity index (χ3n) is 6.14. The maximum absolute atomic E-state index is 4.23. The van der Waals surface area contributed by atoms with Crippen molar-refractivity contribution < 1.29 is 0 Å². The maximum atomic E-state index is 4.23. The average Bonchev–Trinajstić information content (AvgIpc) is 3.52. The van der Waals surface area contributed by atoms with Crippen molar-refractivity contribution >= 4 is 0 Å². The van der Waals surface area contributed by atoms with Crippen molar-refractivity contribution in [2.24, 2.45) is 0 Å². The molecule has 2 N–H and O–H groups in total. The van der Waals surface area contributed by atoms with E-state index in [0.717, 1.165) is 24.5 Å². The third-order valence-corrected chi connectivity index (χ3v) is 6.14. The molecule has 0 amide bonds. The summed E-state index contributed by atoms with van der Waals surface area (Å²) in [5.41, 5.74) is 0. The van der Waals surface area contributed by atoms with E-state index in [0.29, 0.717) is 0 Å². The number of imidazole rings is 2. The Balaban J connectivity index is 0.000000320. The minimum atomic E-state index is 1.11. The summed E-state index contributed by atoms with van der Waals surface area (Å²) >= 11 is 0. The van der Waals surface area contributed by atoms with Gasteiger partial charge in [0.2, 0.25) is 0 Å². The quantitative estimate of drug-likeness (QED) is 0.200. The fourth-order valence-corrected chi connectivity index (χ4v) is 4.08. The van der Waals surface area contributed by atoms with Gasteiger partial charge in [-0.05, 0) is 12.8 Å². The molecule has 0 aliphatic carbocycles. The van der Waals surface area contributed by atoms with Gasteiger partial charge in [-0.2, -0.15) is 0 Å². The molecule has 0 fully saturated rings. The lowest BCUT2D eigenvalue weighted by Crippen LogP contribution is -1.88. The molecule has 2 rings (SSSR count). The molecule has 184 valence electrons. The van der Waals surface area contributed by atoms with Crippen molar-refractivity contribution in [3.63, 3.8) is 0 Å². The summed E-state index contributed by atoms with van der Waals surface area (Å²) in [5, 5.41) is 0. The first-order valence-corrected chi connectivity index (χ1v) is 13.8. The van der Waals surface area contributed by atoms with E-state index in [-0.39, 0.29) is 0 Å². The summed E-state index contributed by atoms with van der Waals surface area (Å²) in [7, 11) is 0. The molecular weight excluding hydrogens is 392 g/mol. The van der Waals surface area contributed by atoms with Crippen LogP contribution in [0.3, 0.4) is 0 Å². The minimum absolute atomic E-state index is 1.11. The highest BCUT2D eigenvalue weighted by Gasteiger charge is 1.96. The van der Waals surface area contributed by atoms with Gasteiger partial charge in [0.15, 0.2) is 0 Å². The average molecular weight is 445 g/mol. The van der Waals surface area contributed by atoms with Gasteiger partial charge in [-0.1, -0.05) is 117 Å². The molecule has 0 saturated heterocycles. The van der Waals surface area contributed by atoms with Gasteiger partial charge in [-0.15, -0.1) is 0 Å². The molecule has 2 heterocycles. The molecule has 0 unspecified atom stereocenters. The Hall–Kier alpha value is -1.58. The predicted octanol–water partition coefficient (Wildman–Crippen LogP) is 8.97. The molecule has 0 spiro atoms. The van der Waals surface area contributed by atoms with Gasteiger partial charge in [-0.3, -0.25) is 0 Å². The molecule has 0 bridgehead atoms. The van der Waals surface area contributed by atoms with E-state index in [1.54, 1.807) is 0 Å². The maximum Gasteiger partial charge on any atom is 0.105 e. The Bertz CT molecular complexity index is 510. The van der Waals surface area contributed by atoms with Crippen molar-refractivity contribution in [2.75, 3.05) is 0 Å². The normalized spacial score (nSPS) is 10.8. The zero-order chi connectivity index (χ0) is 23.0. The second-order valence-corrected chi connectivity index (χ2v) is 9.23. The fourth-order valence-electron chi connectivity index (χ4n) is 4.08. The highest BCUT2D eigenvalue weighted by molar-refractivity contribution is 4.87. The molecule has 4 nitrogen and oxygen atoms in total. The standard InChI is InChI=1S/2C14H26N2/c2*1-2-3-4-5-6-7-8-9-10-11-14-15-12-13-16-14/h2*12-13H,2-11H2,1H3,(H,15,16). The summed E-state index contributed by atoms with van der Waals surface area (Å²) in [6.45, 7) is 4.54. The van der Waals surface area contributed by atoms with Crippen molar-refractivity contribution in [1.29, 1.82) is 0 Å². The van der Waals surface area contributed by atoms with Crippen molar-refractivity contribution in [1.82, 2.24) is 19.9 Å². The van der Waals surface area contributed by atoms with Crippen LogP contribution in [0.1, 0.15) is 141 Å². The van der Waals surface area contributed by atoms with E-state index in [9.17, 15) is 0 Å². The van der Waals surface area contributed by atoms with Gasteiger partial charge >= 0.3 is 0 Å². The molecule has 0 aromatic carbocycles. The van der Waals surface area contributed by atoms with Crippen molar-refractivity contribution in [3.05, 3.63) is 36.4 Å². The third kappa shape index (κ3) is 18.0. The summed E-state index contributed by atoms with van der Waals surface area (Å²) in [4.78, 5) is 14.8. The summed E-state index contributed by atoms with van der Waals surface area (Å²) < 4.78 is 0. The Morgan fingerprint density at radius 2 is 0.781 bits per heavy atom. The number of aromatic nitrogens is 4. The number of aromatic amines is 2. The van der Waals surface area contributed by atoms with Crippen molar-refractivity contribution in [3.8, 4) is 0 Å². The first kappa shape index (κ1) is 28.5. The van der Waals surface area contributed by atoms with Gasteiger partial charge in [0, 0.05) is 37.6 Å². The van der Waals surface area contributed by atoms with Gasteiger partial charge in [0.1, 0.15) is 11.6 Å². The monoisotopic (exact) mass is 444 g/mol. The molecule has 2 aromatic heterocycles. The number of nitrogens with one attached hydrogen (secondary N) is 2. The lowest BCUT2D eigenvalue weighted by atomic mass is 10.1. The van der Waals surface area contributed by atoms with Crippen molar-refractivity contribution in [2.45, 2.75) is 142 Å². The van der Waals surface area contributed by atoms with Crippen LogP contribution in [0, 0.1) is 0 Å². The van der Waals surface area contributed by atoms with Crippen LogP contribution in [0.4, 0.5) is 0 Å². The Kier molecular flexibility index (Phi) is 20.1. The molecule has 32 heavy (non-hydrogen) atoms. The Labute approximate surface area is 198 Å². The predicted molar refractivity (Wildman–Crippen MR) is 139 cm³/mol. The van der Waals surface area contributed by atoms with Gasteiger partial charge in [0.25, 0.3) is 0 Å². The first-order chi connectivity index (χ1) is 15.9. The summed E-state index contributed by atoms with van der Waals surface area (Å²) in [6.07, 6.45) is 34.7. The van der Waals surface area contributed by atoms with E-state index >= 15 is 0 Å². The van der Waals surface area contributed by atoms with Crippen LogP contribution in [-0.4, -0.2) is 19.9 Å². The Morgan fingerprint density at radius 3 is 1.06 bits per heavy atom. The zero-order valence-electron chi connectivity index (χ0n) is 21.3. The van der Waals surface area contributed by atoms with Crippen LogP contribution in [0.5, 0.6) is 0 Å². The highest BCUT2D eigenvalue weighted by Crippen LogP contribution is 2.11. The van der Waals surface area contributed by atoms with Crippen LogP contribution in [-0.2, 0) is 12.8 Å². The number of hydrogen-bond donors (Lipinski definition) is 2. The second kappa shape index (κ2) is 22.6. The molecule has 0 aliphatic heterocycles. The second-order valence-electron chi connectivity index (χ2n) is 9.23. The molecule has 0 radical (unpaired) electrons. The van der Waals surface area contributed by atoms with E-state index in [1.807, 2.05) is 24.8 Å². The summed E-state index contributed by atoms with van der Waals surface area (Å²) in [5.74, 6) is 2.28. The van der Waals surface area contributed by atoms with Gasteiger partial charge in [-0.25, -0.2) is 9.97 Å². The van der Waals surface area contributed by atoms with E-state index < -0.39 is 0 Å². The van der Waals surface area contributed by atoms with Gasteiger partial charge < -0.3 is 9.97 Å². The van der Waals surface area contributed by atoms with Crippen LogP contribution in [0.15, 0.2) is 24.8 Å². The molecule has 0 aliphatic rings. The van der Waals surface area contributed by atoms with E-state index in [4.69, 9.17) is 0 Å². The number of aryl methyl sites for hydroxylation is 2. The Morgan fingerprint density at radius 1 is 0.469 bits per heavy atom. The molecule has 0 atom stereocenters. The molecule has 2 aromatic rings. The minimum Gasteiger partial charge on any atom is -0.349 e. The van der Waals surface area contributed by atoms with Crippen LogP contribution < -0.4 is 0 Å². The number of unbranched alkanes of at least 4 members (excludes halogenated alkanes) is 16. The number of H-pyrrole nitrogens is 2. The van der Waals surface area contributed by atoms with Crippen LogP contribution in [0.2, 0.25) is 0 Å². The SMILES string of the molecule is CCCCCCCCCCCc1ncc[nH]1.CCCCCCCCCCCc1ncc[nH]1. The molecular formula is C28H52N4. The topological polar surface area (TPSA) is 57.4 Å². The van der Waals surface area contributed by atoms with E-state index in [2.05, 4.69) is 33.8 Å². The fraction of sp³-hybridized carbons (Fsp3) is 0.786. The molecule has 0 saturated carbocycles. The zero-order valence-corrected chi connectivity index (χ0v) is 21.3. The highest BCUT2D eigenvalue weighted by atomic mass is 14.9. The largest absolute Gasteiger partial charge is 0.349 e. The number of hydrogen-bond acceptors (Lipinski definition) is 2. The smallest absolute Gasteiger partial charge is 0.105 e. The lowest BCUT2D eigenvalue weighted by Gasteiger charge is -2.01. The number of nitrogens with zero attached hydrogens (tertiary/aromatic N) is 2. The summed E-state index contributed by atoms with van der Waals surface area (Å²) in [6, 6.07) is 0. The van der Waals surface area contributed by atoms with Crippen LogP contribution >= 0.6 is 0 Å². The number of rotatable bonds is 20. The van der Waals surface area contributed by atoms with Crippen LogP contribution in [0.25, 0.3) is 0 Å².